The van der Waals surface area contributed by atoms with E-state index < -0.39 is 0 Å². The number of anilines is 1. The number of hydrogen-bond acceptors (Lipinski definition) is 4. The largest absolute Gasteiger partial charge is 0.387 e. The van der Waals surface area contributed by atoms with Gasteiger partial charge in [-0.15, -0.1) is 0 Å². The van der Waals surface area contributed by atoms with Crippen molar-refractivity contribution in [1.29, 1.82) is 5.41 Å². The van der Waals surface area contributed by atoms with Crippen LogP contribution in [0.5, 0.6) is 0 Å². The molecule has 0 spiro atoms. The topological polar surface area (TPSA) is 78.9 Å². The molecule has 92 valence electrons. The van der Waals surface area contributed by atoms with Crippen LogP contribution in [0.4, 0.5) is 5.82 Å². The summed E-state index contributed by atoms with van der Waals surface area (Å²) in [6, 6.07) is 0. The van der Waals surface area contributed by atoms with Gasteiger partial charge in [-0.2, -0.15) is 0 Å². The van der Waals surface area contributed by atoms with Gasteiger partial charge >= 0.3 is 0 Å². The smallest absolute Gasteiger partial charge is 0.147 e. The lowest BCUT2D eigenvalue weighted by Gasteiger charge is -2.32. The average molecular weight is 233 g/mol. The molecule has 3 N–H and O–H groups in total. The Balaban J connectivity index is 2.05. The maximum Gasteiger partial charge on any atom is 0.147 e. The summed E-state index contributed by atoms with van der Waals surface area (Å²) in [5.74, 6) is 1.50. The SMILES string of the molecule is Cc1ncc(N2CCC(C(=N)N)CC2)nc1C. The Morgan fingerprint density at radius 3 is 2.53 bits per heavy atom. The van der Waals surface area contributed by atoms with Gasteiger partial charge in [0.1, 0.15) is 5.82 Å². The van der Waals surface area contributed by atoms with Crippen LogP contribution in [0.3, 0.4) is 0 Å². The van der Waals surface area contributed by atoms with Crippen molar-refractivity contribution < 1.29 is 0 Å². The number of aryl methyl sites for hydroxylation is 2. The summed E-state index contributed by atoms with van der Waals surface area (Å²) < 4.78 is 0. The van der Waals surface area contributed by atoms with E-state index in [1.165, 1.54) is 0 Å². The summed E-state index contributed by atoms with van der Waals surface area (Å²) in [5.41, 5.74) is 7.49. The monoisotopic (exact) mass is 233 g/mol. The zero-order valence-corrected chi connectivity index (χ0v) is 10.4. The van der Waals surface area contributed by atoms with Gasteiger partial charge in [-0.1, -0.05) is 0 Å². The van der Waals surface area contributed by atoms with Crippen LogP contribution in [0.25, 0.3) is 0 Å². The fourth-order valence-electron chi connectivity index (χ4n) is 2.10. The van der Waals surface area contributed by atoms with Crippen molar-refractivity contribution in [2.75, 3.05) is 18.0 Å². The molecule has 1 aromatic rings. The van der Waals surface area contributed by atoms with E-state index in [0.29, 0.717) is 5.84 Å². The number of amidine groups is 1. The average Bonchev–Trinajstić information content (AvgIpc) is 2.33. The van der Waals surface area contributed by atoms with Crippen molar-refractivity contribution >= 4 is 11.7 Å². The molecular weight excluding hydrogens is 214 g/mol. The molecule has 0 aromatic carbocycles. The molecular formula is C12H19N5. The number of nitrogens with one attached hydrogen (secondary N) is 1. The van der Waals surface area contributed by atoms with Gasteiger partial charge in [-0.25, -0.2) is 4.98 Å². The van der Waals surface area contributed by atoms with Gasteiger partial charge < -0.3 is 10.6 Å². The van der Waals surface area contributed by atoms with Crippen LogP contribution in [0.15, 0.2) is 6.20 Å². The second-order valence-corrected chi connectivity index (χ2v) is 4.62. The highest BCUT2D eigenvalue weighted by molar-refractivity contribution is 5.79. The fraction of sp³-hybridized carbons (Fsp3) is 0.583. The summed E-state index contributed by atoms with van der Waals surface area (Å²) in [5, 5.41) is 7.45. The molecule has 1 fully saturated rings. The van der Waals surface area contributed by atoms with E-state index in [2.05, 4.69) is 14.9 Å². The van der Waals surface area contributed by atoms with E-state index >= 15 is 0 Å². The van der Waals surface area contributed by atoms with Crippen LogP contribution in [-0.4, -0.2) is 28.9 Å². The summed E-state index contributed by atoms with van der Waals surface area (Å²) >= 11 is 0. The molecule has 5 nitrogen and oxygen atoms in total. The molecule has 5 heteroatoms. The highest BCUT2D eigenvalue weighted by atomic mass is 15.2. The summed E-state index contributed by atoms with van der Waals surface area (Å²) in [7, 11) is 0. The van der Waals surface area contributed by atoms with Gasteiger partial charge in [-0.05, 0) is 26.7 Å². The molecule has 0 amide bonds. The van der Waals surface area contributed by atoms with Crippen molar-refractivity contribution in [3.8, 4) is 0 Å². The van der Waals surface area contributed by atoms with Gasteiger partial charge in [0.2, 0.25) is 0 Å². The number of nitrogens with zero attached hydrogens (tertiary/aromatic N) is 3. The van der Waals surface area contributed by atoms with Crippen LogP contribution >= 0.6 is 0 Å². The minimum absolute atomic E-state index is 0.241. The Labute approximate surface area is 102 Å². The first-order valence-electron chi connectivity index (χ1n) is 5.97. The highest BCUT2D eigenvalue weighted by Crippen LogP contribution is 2.21. The molecule has 1 aromatic heterocycles. The Morgan fingerprint density at radius 1 is 1.35 bits per heavy atom. The Bertz CT molecular complexity index is 421. The number of hydrogen-bond donors (Lipinski definition) is 2. The Kier molecular flexibility index (Phi) is 3.26. The van der Waals surface area contributed by atoms with Gasteiger partial charge in [-0.3, -0.25) is 10.4 Å². The molecule has 2 rings (SSSR count). The van der Waals surface area contributed by atoms with Crippen molar-refractivity contribution in [2.24, 2.45) is 11.7 Å². The molecule has 0 radical (unpaired) electrons. The maximum atomic E-state index is 7.45. The first-order chi connectivity index (χ1) is 8.08. The van der Waals surface area contributed by atoms with E-state index in [0.717, 1.165) is 43.1 Å². The highest BCUT2D eigenvalue weighted by Gasteiger charge is 2.22. The molecule has 0 saturated carbocycles. The van der Waals surface area contributed by atoms with Crippen molar-refractivity contribution in [2.45, 2.75) is 26.7 Å². The third kappa shape index (κ3) is 2.54. The van der Waals surface area contributed by atoms with Crippen molar-refractivity contribution in [3.63, 3.8) is 0 Å². The summed E-state index contributed by atoms with van der Waals surface area (Å²) in [6.45, 7) is 5.76. The van der Waals surface area contributed by atoms with Crippen LogP contribution in [0.2, 0.25) is 0 Å². The molecule has 1 aliphatic rings. The lowest BCUT2D eigenvalue weighted by Crippen LogP contribution is -2.38. The normalized spacial score (nSPS) is 17.2. The molecule has 0 unspecified atom stereocenters. The lowest BCUT2D eigenvalue weighted by molar-refractivity contribution is 0.494. The van der Waals surface area contributed by atoms with Crippen molar-refractivity contribution in [3.05, 3.63) is 17.6 Å². The van der Waals surface area contributed by atoms with E-state index in [1.807, 2.05) is 20.0 Å². The van der Waals surface area contributed by atoms with Gasteiger partial charge in [0.05, 0.1) is 23.4 Å². The first-order valence-corrected chi connectivity index (χ1v) is 5.97. The fourth-order valence-corrected chi connectivity index (χ4v) is 2.10. The van der Waals surface area contributed by atoms with Gasteiger partial charge in [0.15, 0.2) is 0 Å². The molecule has 17 heavy (non-hydrogen) atoms. The van der Waals surface area contributed by atoms with E-state index in [1.54, 1.807) is 0 Å². The standard InChI is InChI=1S/C12H19N5/c1-8-9(2)16-11(7-15-8)17-5-3-10(4-6-17)12(13)14/h7,10H,3-6H2,1-2H3,(H3,13,14). The minimum atomic E-state index is 0.241. The number of piperidine rings is 1. The van der Waals surface area contributed by atoms with E-state index in [-0.39, 0.29) is 5.92 Å². The molecule has 0 bridgehead atoms. The second-order valence-electron chi connectivity index (χ2n) is 4.62. The van der Waals surface area contributed by atoms with Gasteiger partial charge in [0, 0.05) is 19.0 Å². The minimum Gasteiger partial charge on any atom is -0.387 e. The molecule has 1 aliphatic heterocycles. The first kappa shape index (κ1) is 11.8. The molecule has 0 aliphatic carbocycles. The molecule has 2 heterocycles. The van der Waals surface area contributed by atoms with Gasteiger partial charge in [0.25, 0.3) is 0 Å². The van der Waals surface area contributed by atoms with Crippen LogP contribution < -0.4 is 10.6 Å². The predicted molar refractivity (Wildman–Crippen MR) is 68.4 cm³/mol. The van der Waals surface area contributed by atoms with E-state index in [4.69, 9.17) is 11.1 Å². The maximum absolute atomic E-state index is 7.45. The third-order valence-corrected chi connectivity index (χ3v) is 3.44. The van der Waals surface area contributed by atoms with Crippen LogP contribution in [-0.2, 0) is 0 Å². The number of aromatic nitrogens is 2. The van der Waals surface area contributed by atoms with E-state index in [9.17, 15) is 0 Å². The quantitative estimate of drug-likeness (QED) is 0.595. The Morgan fingerprint density at radius 2 is 2.00 bits per heavy atom. The van der Waals surface area contributed by atoms with Crippen LogP contribution in [0.1, 0.15) is 24.2 Å². The lowest BCUT2D eigenvalue weighted by atomic mass is 9.96. The number of nitrogens with two attached hydrogens (primary N) is 1. The third-order valence-electron chi connectivity index (χ3n) is 3.44. The van der Waals surface area contributed by atoms with Crippen molar-refractivity contribution in [1.82, 2.24) is 9.97 Å². The zero-order valence-electron chi connectivity index (χ0n) is 10.4. The second kappa shape index (κ2) is 4.69. The van der Waals surface area contributed by atoms with Crippen LogP contribution in [0, 0.1) is 25.2 Å². The Hall–Kier alpha value is -1.65. The predicted octanol–water partition coefficient (Wildman–Crippen LogP) is 1.25. The summed E-state index contributed by atoms with van der Waals surface area (Å²) in [6.07, 6.45) is 3.70. The molecule has 1 saturated heterocycles. The molecule has 0 atom stereocenters. The summed E-state index contributed by atoms with van der Waals surface area (Å²) in [4.78, 5) is 11.1. The zero-order chi connectivity index (χ0) is 12.4. The number of rotatable bonds is 2.